The highest BCUT2D eigenvalue weighted by Crippen LogP contribution is 2.31. The number of hydrogen-bond donors (Lipinski definition) is 1. The Morgan fingerprint density at radius 2 is 2.10 bits per heavy atom. The number of anilines is 2. The first-order chi connectivity index (χ1) is 9.97. The first-order valence-corrected chi connectivity index (χ1v) is 7.52. The summed E-state index contributed by atoms with van der Waals surface area (Å²) in [6.45, 7) is 5.93. The summed E-state index contributed by atoms with van der Waals surface area (Å²) in [6, 6.07) is 2.97. The highest BCUT2D eigenvalue weighted by molar-refractivity contribution is 5.69. The van der Waals surface area contributed by atoms with E-state index in [4.69, 9.17) is 15.2 Å². The maximum atomic E-state index is 13.8. The van der Waals surface area contributed by atoms with E-state index < -0.39 is 5.82 Å². The minimum absolute atomic E-state index is 0.0804. The molecular weight excluding hydrogens is 271 g/mol. The molecule has 0 atom stereocenters. The van der Waals surface area contributed by atoms with Gasteiger partial charge in [0.1, 0.15) is 0 Å². The van der Waals surface area contributed by atoms with Crippen LogP contribution >= 0.6 is 0 Å². The fourth-order valence-corrected chi connectivity index (χ4v) is 2.09. The van der Waals surface area contributed by atoms with Crippen LogP contribution in [0.25, 0.3) is 0 Å². The third-order valence-electron chi connectivity index (χ3n) is 3.48. The summed E-state index contributed by atoms with van der Waals surface area (Å²) < 4.78 is 24.9. The first-order valence-electron chi connectivity index (χ1n) is 7.52. The van der Waals surface area contributed by atoms with E-state index in [1.165, 1.54) is 18.9 Å². The maximum Gasteiger partial charge on any atom is 0.167 e. The molecule has 1 fully saturated rings. The van der Waals surface area contributed by atoms with Crippen LogP contribution in [0, 0.1) is 11.7 Å². The van der Waals surface area contributed by atoms with Gasteiger partial charge in [-0.2, -0.15) is 0 Å². The molecule has 4 nitrogen and oxygen atoms in total. The van der Waals surface area contributed by atoms with Crippen molar-refractivity contribution in [1.29, 1.82) is 0 Å². The van der Waals surface area contributed by atoms with Gasteiger partial charge in [-0.1, -0.05) is 0 Å². The number of benzene rings is 1. The van der Waals surface area contributed by atoms with E-state index in [1.807, 2.05) is 25.8 Å². The van der Waals surface area contributed by atoms with Gasteiger partial charge < -0.3 is 20.1 Å². The van der Waals surface area contributed by atoms with E-state index >= 15 is 0 Å². The van der Waals surface area contributed by atoms with Crippen LogP contribution in [0.5, 0.6) is 5.75 Å². The number of nitrogens with two attached hydrogens (primary N) is 1. The molecule has 1 aliphatic rings. The number of hydrogen-bond acceptors (Lipinski definition) is 4. The first kappa shape index (κ1) is 15.9. The standard InChI is InChI=1S/C16H25FN2O2/c1-11(2)21-16-9-15(14(18)8-13(16)17)19(3)6-7-20-10-12-4-5-12/h8-9,11-12H,4-7,10,18H2,1-3H3. The zero-order chi connectivity index (χ0) is 15.4. The second kappa shape index (κ2) is 6.98. The minimum Gasteiger partial charge on any atom is -0.488 e. The molecule has 0 bridgehead atoms. The highest BCUT2D eigenvalue weighted by Gasteiger charge is 2.21. The van der Waals surface area contributed by atoms with Crippen molar-refractivity contribution in [1.82, 2.24) is 0 Å². The third-order valence-corrected chi connectivity index (χ3v) is 3.48. The molecule has 21 heavy (non-hydrogen) atoms. The summed E-state index contributed by atoms with van der Waals surface area (Å²) in [5.41, 5.74) is 7.08. The van der Waals surface area contributed by atoms with Crippen LogP contribution in [0.4, 0.5) is 15.8 Å². The van der Waals surface area contributed by atoms with Gasteiger partial charge >= 0.3 is 0 Å². The topological polar surface area (TPSA) is 47.7 Å². The van der Waals surface area contributed by atoms with Crippen molar-refractivity contribution >= 4 is 11.4 Å². The van der Waals surface area contributed by atoms with Gasteiger partial charge in [-0.05, 0) is 32.6 Å². The molecule has 0 aliphatic heterocycles. The SMILES string of the molecule is CC(C)Oc1cc(N(C)CCOCC2CC2)c(N)cc1F. The molecule has 2 N–H and O–H groups in total. The Hall–Kier alpha value is -1.49. The van der Waals surface area contributed by atoms with Crippen molar-refractivity contribution in [2.45, 2.75) is 32.8 Å². The van der Waals surface area contributed by atoms with Crippen LogP contribution in [0.3, 0.4) is 0 Å². The molecule has 1 aliphatic carbocycles. The lowest BCUT2D eigenvalue weighted by atomic mass is 10.2. The number of nitrogen functional groups attached to an aromatic ring is 1. The lowest BCUT2D eigenvalue weighted by Crippen LogP contribution is -2.24. The van der Waals surface area contributed by atoms with Crippen LogP contribution < -0.4 is 15.4 Å². The molecule has 0 heterocycles. The van der Waals surface area contributed by atoms with Gasteiger partial charge in [-0.3, -0.25) is 0 Å². The Kier molecular flexibility index (Phi) is 5.28. The van der Waals surface area contributed by atoms with E-state index in [2.05, 4.69) is 0 Å². The van der Waals surface area contributed by atoms with Gasteiger partial charge in [0.15, 0.2) is 11.6 Å². The van der Waals surface area contributed by atoms with E-state index in [9.17, 15) is 4.39 Å². The molecular formula is C16H25FN2O2. The molecule has 118 valence electrons. The molecule has 0 amide bonds. The van der Waals surface area contributed by atoms with Gasteiger partial charge in [0.2, 0.25) is 0 Å². The number of likely N-dealkylation sites (N-methyl/N-ethyl adjacent to an activating group) is 1. The average Bonchev–Trinajstić information content (AvgIpc) is 3.21. The zero-order valence-corrected chi connectivity index (χ0v) is 13.1. The molecule has 1 saturated carbocycles. The lowest BCUT2D eigenvalue weighted by molar-refractivity contribution is 0.131. The Morgan fingerprint density at radius 1 is 1.38 bits per heavy atom. The molecule has 5 heteroatoms. The maximum absolute atomic E-state index is 13.8. The molecule has 0 spiro atoms. The smallest absolute Gasteiger partial charge is 0.167 e. The largest absolute Gasteiger partial charge is 0.488 e. The predicted molar refractivity (Wildman–Crippen MR) is 83.4 cm³/mol. The second-order valence-corrected chi connectivity index (χ2v) is 5.95. The fraction of sp³-hybridized carbons (Fsp3) is 0.625. The van der Waals surface area contributed by atoms with Crippen LogP contribution in [0.1, 0.15) is 26.7 Å². The Labute approximate surface area is 126 Å². The van der Waals surface area contributed by atoms with Crippen molar-refractivity contribution in [2.24, 2.45) is 5.92 Å². The van der Waals surface area contributed by atoms with Crippen LogP contribution in [-0.2, 0) is 4.74 Å². The Balaban J connectivity index is 1.95. The molecule has 2 rings (SSSR count). The van der Waals surface area contributed by atoms with E-state index in [-0.39, 0.29) is 11.9 Å². The molecule has 0 saturated heterocycles. The monoisotopic (exact) mass is 296 g/mol. The summed E-state index contributed by atoms with van der Waals surface area (Å²) >= 11 is 0. The summed E-state index contributed by atoms with van der Waals surface area (Å²) in [5, 5.41) is 0. The van der Waals surface area contributed by atoms with E-state index in [0.29, 0.717) is 18.8 Å². The number of ether oxygens (including phenoxy) is 2. The lowest BCUT2D eigenvalue weighted by Gasteiger charge is -2.22. The molecule has 1 aromatic carbocycles. The fourth-order valence-electron chi connectivity index (χ4n) is 2.09. The number of halogens is 1. The van der Waals surface area contributed by atoms with Crippen molar-refractivity contribution < 1.29 is 13.9 Å². The van der Waals surface area contributed by atoms with Crippen LogP contribution in [0.2, 0.25) is 0 Å². The molecule has 0 unspecified atom stereocenters. The summed E-state index contributed by atoms with van der Waals surface area (Å²) in [6.07, 6.45) is 2.50. The predicted octanol–water partition coefficient (Wildman–Crippen LogP) is 3.06. The summed E-state index contributed by atoms with van der Waals surface area (Å²) in [5.74, 6) is 0.570. The normalized spacial score (nSPS) is 14.5. The van der Waals surface area contributed by atoms with Crippen molar-refractivity contribution in [3.05, 3.63) is 17.9 Å². The van der Waals surface area contributed by atoms with Gasteiger partial charge in [-0.25, -0.2) is 4.39 Å². The Bertz CT molecular complexity index is 476. The molecule has 0 radical (unpaired) electrons. The second-order valence-electron chi connectivity index (χ2n) is 5.95. The van der Waals surface area contributed by atoms with Crippen LogP contribution in [0.15, 0.2) is 12.1 Å². The quantitative estimate of drug-likeness (QED) is 0.591. The zero-order valence-electron chi connectivity index (χ0n) is 13.1. The minimum atomic E-state index is -0.427. The van der Waals surface area contributed by atoms with Crippen LogP contribution in [-0.4, -0.2) is 32.9 Å². The van der Waals surface area contributed by atoms with Gasteiger partial charge in [-0.15, -0.1) is 0 Å². The molecule has 1 aromatic rings. The summed E-state index contributed by atoms with van der Waals surface area (Å²) in [7, 11) is 1.92. The highest BCUT2D eigenvalue weighted by atomic mass is 19.1. The summed E-state index contributed by atoms with van der Waals surface area (Å²) in [4.78, 5) is 1.97. The van der Waals surface area contributed by atoms with Gasteiger partial charge in [0, 0.05) is 32.3 Å². The molecule has 0 aromatic heterocycles. The third kappa shape index (κ3) is 4.77. The Morgan fingerprint density at radius 3 is 2.71 bits per heavy atom. The van der Waals surface area contributed by atoms with Crippen molar-refractivity contribution in [3.63, 3.8) is 0 Å². The van der Waals surface area contributed by atoms with Crippen molar-refractivity contribution in [3.8, 4) is 5.75 Å². The number of rotatable bonds is 8. The van der Waals surface area contributed by atoms with Gasteiger partial charge in [0.25, 0.3) is 0 Å². The average molecular weight is 296 g/mol. The van der Waals surface area contributed by atoms with E-state index in [1.54, 1.807) is 6.07 Å². The number of nitrogens with zero attached hydrogens (tertiary/aromatic N) is 1. The van der Waals surface area contributed by atoms with Gasteiger partial charge in [0.05, 0.1) is 24.1 Å². The van der Waals surface area contributed by atoms with Crippen molar-refractivity contribution in [2.75, 3.05) is 37.4 Å². The van der Waals surface area contributed by atoms with E-state index in [0.717, 1.165) is 18.2 Å².